The summed E-state index contributed by atoms with van der Waals surface area (Å²) < 4.78 is 0. The number of carbonyl (C=O) groups excluding carboxylic acids is 3. The molecule has 1 fully saturated rings. The van der Waals surface area contributed by atoms with Gasteiger partial charge < -0.3 is 15.1 Å². The molecule has 0 aromatic heterocycles. The molecule has 6 nitrogen and oxygen atoms in total. The zero-order chi connectivity index (χ0) is 21.3. The number of nitrogens with one attached hydrogen (secondary N) is 1. The third-order valence-corrected chi connectivity index (χ3v) is 5.97. The molecule has 1 spiro atoms. The summed E-state index contributed by atoms with van der Waals surface area (Å²) in [6.07, 6.45) is 0.607. The zero-order valence-corrected chi connectivity index (χ0v) is 17.4. The number of para-hydroxylation sites is 1. The minimum atomic E-state index is -0.676. The van der Waals surface area contributed by atoms with E-state index < -0.39 is 5.41 Å². The first-order valence-electron chi connectivity index (χ1n) is 10.4. The molecule has 2 aliphatic heterocycles. The Balaban J connectivity index is 1.47. The molecule has 0 radical (unpaired) electrons. The second kappa shape index (κ2) is 7.94. The molecule has 2 aromatic carbocycles. The molecule has 0 bridgehead atoms. The summed E-state index contributed by atoms with van der Waals surface area (Å²) in [7, 11) is 0. The summed E-state index contributed by atoms with van der Waals surface area (Å²) in [4.78, 5) is 42.1. The quantitative estimate of drug-likeness (QED) is 0.831. The first-order chi connectivity index (χ1) is 14.4. The van der Waals surface area contributed by atoms with Gasteiger partial charge in [0.1, 0.15) is 0 Å². The van der Waals surface area contributed by atoms with E-state index in [-0.39, 0.29) is 24.3 Å². The van der Waals surface area contributed by atoms with Gasteiger partial charge >= 0.3 is 0 Å². The Hall–Kier alpha value is -3.15. The monoisotopic (exact) mass is 405 g/mol. The first kappa shape index (κ1) is 20.1. The van der Waals surface area contributed by atoms with E-state index in [4.69, 9.17) is 0 Å². The van der Waals surface area contributed by atoms with Crippen LogP contribution in [-0.2, 0) is 15.0 Å². The summed E-state index contributed by atoms with van der Waals surface area (Å²) in [6.45, 7) is 5.66. The van der Waals surface area contributed by atoms with Crippen molar-refractivity contribution >= 4 is 23.4 Å². The maximum Gasteiger partial charge on any atom is 0.251 e. The number of rotatable bonds is 5. The Morgan fingerprint density at radius 3 is 2.50 bits per heavy atom. The van der Waals surface area contributed by atoms with Crippen molar-refractivity contribution in [3.8, 4) is 0 Å². The van der Waals surface area contributed by atoms with Crippen LogP contribution in [0.5, 0.6) is 0 Å². The Morgan fingerprint density at radius 2 is 1.77 bits per heavy atom. The molecule has 1 unspecified atom stereocenters. The number of nitrogens with zero attached hydrogens (tertiary/aromatic N) is 2. The summed E-state index contributed by atoms with van der Waals surface area (Å²) in [5.74, 6) is -0.00230. The van der Waals surface area contributed by atoms with Gasteiger partial charge in [0.2, 0.25) is 11.8 Å². The van der Waals surface area contributed by atoms with Gasteiger partial charge in [-0.1, -0.05) is 50.2 Å². The molecule has 30 heavy (non-hydrogen) atoms. The van der Waals surface area contributed by atoms with E-state index in [1.54, 1.807) is 29.2 Å². The van der Waals surface area contributed by atoms with Gasteiger partial charge in [-0.25, -0.2) is 0 Å². The van der Waals surface area contributed by atoms with E-state index >= 15 is 0 Å². The lowest BCUT2D eigenvalue weighted by Gasteiger charge is -2.25. The number of fused-ring (bicyclic) bond motifs is 2. The molecule has 0 saturated carbocycles. The number of anilines is 1. The number of amides is 3. The van der Waals surface area contributed by atoms with Crippen LogP contribution in [0.1, 0.15) is 36.2 Å². The standard InChI is InChI=1S/C24H27N3O3/c1-17(2)15-27-20-11-7-6-10-19(20)24(23(27)30)12-13-26(16-24)21(28)14-25-22(29)18-8-4-3-5-9-18/h3-11,17H,12-16H2,1-2H3,(H,25,29). The molecule has 156 valence electrons. The second-order valence-corrected chi connectivity index (χ2v) is 8.52. The van der Waals surface area contributed by atoms with Gasteiger partial charge in [-0.05, 0) is 36.1 Å². The van der Waals surface area contributed by atoms with Crippen molar-refractivity contribution in [3.05, 3.63) is 65.7 Å². The average Bonchev–Trinajstić information content (AvgIpc) is 3.30. The molecule has 1 N–H and O–H groups in total. The fourth-order valence-corrected chi connectivity index (χ4v) is 4.52. The molecule has 6 heteroatoms. The highest BCUT2D eigenvalue weighted by atomic mass is 16.2. The third-order valence-electron chi connectivity index (χ3n) is 5.97. The molecule has 2 aromatic rings. The van der Waals surface area contributed by atoms with E-state index in [2.05, 4.69) is 19.2 Å². The second-order valence-electron chi connectivity index (χ2n) is 8.52. The minimum Gasteiger partial charge on any atom is -0.343 e. The van der Waals surface area contributed by atoms with Crippen LogP contribution in [0.4, 0.5) is 5.69 Å². The van der Waals surface area contributed by atoms with Crippen LogP contribution in [0.3, 0.4) is 0 Å². The van der Waals surface area contributed by atoms with Crippen LogP contribution >= 0.6 is 0 Å². The van der Waals surface area contributed by atoms with Gasteiger partial charge in [0.15, 0.2) is 0 Å². The number of likely N-dealkylation sites (tertiary alicyclic amines) is 1. The van der Waals surface area contributed by atoms with Crippen molar-refractivity contribution in [2.75, 3.05) is 31.1 Å². The predicted octanol–water partition coefficient (Wildman–Crippen LogP) is 2.59. The number of carbonyl (C=O) groups is 3. The molecule has 4 rings (SSSR count). The van der Waals surface area contributed by atoms with E-state index in [0.29, 0.717) is 37.5 Å². The van der Waals surface area contributed by atoms with E-state index in [1.807, 2.05) is 35.2 Å². The third kappa shape index (κ3) is 3.47. The van der Waals surface area contributed by atoms with Crippen LogP contribution in [0.15, 0.2) is 54.6 Å². The van der Waals surface area contributed by atoms with E-state index in [9.17, 15) is 14.4 Å². The lowest BCUT2D eigenvalue weighted by atomic mass is 9.81. The Morgan fingerprint density at radius 1 is 1.07 bits per heavy atom. The SMILES string of the molecule is CC(C)CN1C(=O)C2(CCN(C(=O)CNC(=O)c3ccccc3)C2)c2ccccc21. The highest BCUT2D eigenvalue weighted by molar-refractivity contribution is 6.09. The summed E-state index contributed by atoms with van der Waals surface area (Å²) in [6, 6.07) is 16.7. The highest BCUT2D eigenvalue weighted by Gasteiger charge is 2.54. The maximum absolute atomic E-state index is 13.5. The number of hydrogen-bond acceptors (Lipinski definition) is 3. The Kier molecular flexibility index (Phi) is 5.33. The van der Waals surface area contributed by atoms with Crippen molar-refractivity contribution in [1.82, 2.24) is 10.2 Å². The Bertz CT molecular complexity index is 973. The van der Waals surface area contributed by atoms with Crippen LogP contribution in [0.2, 0.25) is 0 Å². The fraction of sp³-hybridized carbons (Fsp3) is 0.375. The first-order valence-corrected chi connectivity index (χ1v) is 10.4. The van der Waals surface area contributed by atoms with Crippen molar-refractivity contribution in [3.63, 3.8) is 0 Å². The largest absolute Gasteiger partial charge is 0.343 e. The van der Waals surface area contributed by atoms with E-state index in [0.717, 1.165) is 11.3 Å². The van der Waals surface area contributed by atoms with Crippen LogP contribution in [0.25, 0.3) is 0 Å². The molecule has 3 amide bonds. The van der Waals surface area contributed by atoms with Gasteiger partial charge in [0, 0.05) is 30.9 Å². The fourth-order valence-electron chi connectivity index (χ4n) is 4.52. The maximum atomic E-state index is 13.5. The van der Waals surface area contributed by atoms with Crippen molar-refractivity contribution in [2.45, 2.75) is 25.7 Å². The molecule has 2 aliphatic rings. The van der Waals surface area contributed by atoms with Gasteiger partial charge in [0.05, 0.1) is 12.0 Å². The van der Waals surface area contributed by atoms with Crippen LogP contribution < -0.4 is 10.2 Å². The molecule has 0 aliphatic carbocycles. The zero-order valence-electron chi connectivity index (χ0n) is 17.4. The molecular weight excluding hydrogens is 378 g/mol. The minimum absolute atomic E-state index is 0.0741. The van der Waals surface area contributed by atoms with Gasteiger partial charge in [-0.3, -0.25) is 14.4 Å². The summed E-state index contributed by atoms with van der Waals surface area (Å²) in [5, 5.41) is 2.69. The van der Waals surface area contributed by atoms with Crippen LogP contribution in [0, 0.1) is 5.92 Å². The molecule has 2 heterocycles. The van der Waals surface area contributed by atoms with Crippen LogP contribution in [-0.4, -0.2) is 48.8 Å². The lowest BCUT2D eigenvalue weighted by Crippen LogP contribution is -2.45. The van der Waals surface area contributed by atoms with Crippen molar-refractivity contribution in [1.29, 1.82) is 0 Å². The molecule has 1 atom stereocenters. The number of benzene rings is 2. The smallest absolute Gasteiger partial charge is 0.251 e. The average molecular weight is 405 g/mol. The predicted molar refractivity (Wildman–Crippen MR) is 115 cm³/mol. The van der Waals surface area contributed by atoms with Gasteiger partial charge in [-0.15, -0.1) is 0 Å². The molecule has 1 saturated heterocycles. The van der Waals surface area contributed by atoms with E-state index in [1.165, 1.54) is 0 Å². The highest BCUT2D eigenvalue weighted by Crippen LogP contribution is 2.47. The summed E-state index contributed by atoms with van der Waals surface area (Å²) >= 11 is 0. The lowest BCUT2D eigenvalue weighted by molar-refractivity contribution is -0.129. The van der Waals surface area contributed by atoms with Gasteiger partial charge in [0.25, 0.3) is 5.91 Å². The number of hydrogen-bond donors (Lipinski definition) is 1. The topological polar surface area (TPSA) is 69.7 Å². The van der Waals surface area contributed by atoms with Crippen molar-refractivity contribution < 1.29 is 14.4 Å². The summed E-state index contributed by atoms with van der Waals surface area (Å²) in [5.41, 5.74) is 1.82. The molecular formula is C24H27N3O3. The van der Waals surface area contributed by atoms with Gasteiger partial charge in [-0.2, -0.15) is 0 Å². The Labute approximate surface area is 176 Å². The van der Waals surface area contributed by atoms with Crippen molar-refractivity contribution in [2.24, 2.45) is 5.92 Å². The normalized spacial score (nSPS) is 20.2.